The number of aromatic nitrogens is 2. The Morgan fingerprint density at radius 3 is 2.20 bits per heavy atom. The molecule has 0 saturated carbocycles. The van der Waals surface area contributed by atoms with Gasteiger partial charge in [0.15, 0.2) is 0 Å². The lowest BCUT2D eigenvalue weighted by Crippen LogP contribution is -2.57. The lowest BCUT2D eigenvalue weighted by atomic mass is 9.85. The van der Waals surface area contributed by atoms with Crippen LogP contribution in [0.2, 0.25) is 0 Å². The number of piperazine rings is 1. The van der Waals surface area contributed by atoms with Crippen molar-refractivity contribution < 1.29 is 43.3 Å². The second-order valence-electron chi connectivity index (χ2n) is 23.7. The summed E-state index contributed by atoms with van der Waals surface area (Å²) in [6.07, 6.45) is 1.25. The van der Waals surface area contributed by atoms with Gasteiger partial charge in [-0.3, -0.25) is 38.5 Å². The van der Waals surface area contributed by atoms with Gasteiger partial charge in [0.1, 0.15) is 25.3 Å². The first-order chi connectivity index (χ1) is 40.7. The molecular formula is C64H84N10O10S. The topological polar surface area (TPSA) is 248 Å². The highest BCUT2D eigenvalue weighted by Crippen LogP contribution is 2.35. The van der Waals surface area contributed by atoms with E-state index in [-0.39, 0.29) is 82.1 Å². The molecule has 3 aliphatic heterocycles. The molecule has 0 aliphatic carbocycles. The van der Waals surface area contributed by atoms with E-state index in [0.29, 0.717) is 57.1 Å². The maximum atomic E-state index is 14.1. The predicted octanol–water partition coefficient (Wildman–Crippen LogP) is 5.70. The summed E-state index contributed by atoms with van der Waals surface area (Å²) in [7, 11) is 0. The average Bonchev–Trinajstić information content (AvgIpc) is 3.07. The van der Waals surface area contributed by atoms with E-state index in [1.807, 2.05) is 84.9 Å². The number of nitrogens with one attached hydrogen (secondary N) is 5. The fourth-order valence-electron chi connectivity index (χ4n) is 11.5. The number of amides is 6. The fourth-order valence-corrected chi connectivity index (χ4v) is 12.3. The summed E-state index contributed by atoms with van der Waals surface area (Å²) in [6.45, 7) is 20.3. The summed E-state index contributed by atoms with van der Waals surface area (Å²) in [4.78, 5) is 110. The molecule has 5 heterocycles. The molecule has 0 radical (unpaired) electrons. The van der Waals surface area contributed by atoms with Crippen molar-refractivity contribution in [3.05, 3.63) is 127 Å². The van der Waals surface area contributed by atoms with Crippen LogP contribution in [-0.2, 0) is 53.1 Å². The van der Waals surface area contributed by atoms with Crippen LogP contribution in [0.3, 0.4) is 0 Å². The van der Waals surface area contributed by atoms with Gasteiger partial charge in [0.2, 0.25) is 29.5 Å². The summed E-state index contributed by atoms with van der Waals surface area (Å²) in [5, 5.41) is 22.2. The number of hydrogen-bond acceptors (Lipinski definition) is 14. The third kappa shape index (κ3) is 16.8. The number of aromatic amines is 1. The van der Waals surface area contributed by atoms with Crippen LogP contribution >= 0.6 is 11.3 Å². The van der Waals surface area contributed by atoms with Crippen molar-refractivity contribution in [3.8, 4) is 21.6 Å². The number of benzene rings is 3. The highest BCUT2D eigenvalue weighted by molar-refractivity contribution is 7.13. The summed E-state index contributed by atoms with van der Waals surface area (Å²) in [5.41, 5.74) is 11.3. The smallest absolute Gasteiger partial charge is 0.253 e. The number of aliphatic hydroxyl groups is 1. The lowest BCUT2D eigenvalue weighted by molar-refractivity contribution is -0.144. The van der Waals surface area contributed by atoms with Crippen molar-refractivity contribution in [3.63, 3.8) is 0 Å². The number of anilines is 1. The van der Waals surface area contributed by atoms with Gasteiger partial charge in [0.05, 0.1) is 22.2 Å². The summed E-state index contributed by atoms with van der Waals surface area (Å²) < 4.78 is 11.2. The van der Waals surface area contributed by atoms with E-state index >= 15 is 0 Å². The Kier molecular flexibility index (Phi) is 21.9. The average molecular weight is 1190 g/mol. The first kappa shape index (κ1) is 63.7. The van der Waals surface area contributed by atoms with Crippen LogP contribution in [0.4, 0.5) is 5.69 Å². The third-order valence-corrected chi connectivity index (χ3v) is 17.3. The number of aliphatic hydroxyl groups excluding tert-OH is 1. The van der Waals surface area contributed by atoms with Gasteiger partial charge in [-0.05, 0) is 116 Å². The Morgan fingerprint density at radius 2 is 1.54 bits per heavy atom. The third-order valence-electron chi connectivity index (χ3n) is 16.3. The number of carbonyl (C=O) groups is 6. The maximum absolute atomic E-state index is 14.1. The number of aryl methyl sites for hydroxylation is 3. The van der Waals surface area contributed by atoms with E-state index in [9.17, 15) is 38.7 Å². The van der Waals surface area contributed by atoms with Crippen LogP contribution in [0.25, 0.3) is 21.6 Å². The van der Waals surface area contributed by atoms with Crippen molar-refractivity contribution in [1.82, 2.24) is 45.9 Å². The Hall–Kier alpha value is -7.30. The monoisotopic (exact) mass is 1180 g/mol. The summed E-state index contributed by atoms with van der Waals surface area (Å²) in [5.74, 6) is -2.14. The minimum atomic E-state index is -0.986. The zero-order valence-corrected chi connectivity index (χ0v) is 51.3. The molecule has 456 valence electrons. The first-order valence-electron chi connectivity index (χ1n) is 29.6. The Morgan fingerprint density at radius 1 is 0.847 bits per heavy atom. The van der Waals surface area contributed by atoms with Crippen molar-refractivity contribution in [1.29, 1.82) is 0 Å². The number of thiazole rings is 1. The lowest BCUT2D eigenvalue weighted by Gasteiger charge is -2.37. The van der Waals surface area contributed by atoms with Gasteiger partial charge < -0.3 is 55.5 Å². The maximum Gasteiger partial charge on any atom is 0.253 e. The second-order valence-corrected chi connectivity index (χ2v) is 24.5. The molecule has 6 N–H and O–H groups in total. The van der Waals surface area contributed by atoms with Crippen LogP contribution in [-0.4, -0.2) is 162 Å². The van der Waals surface area contributed by atoms with Crippen molar-refractivity contribution in [2.45, 2.75) is 131 Å². The molecule has 5 aromatic rings. The molecule has 21 heteroatoms. The predicted molar refractivity (Wildman–Crippen MR) is 328 cm³/mol. The second kappa shape index (κ2) is 29.2. The molecule has 85 heavy (non-hydrogen) atoms. The number of carbonyl (C=O) groups excluding carboxylic acids is 6. The van der Waals surface area contributed by atoms with Crippen LogP contribution in [0.15, 0.2) is 77.0 Å². The zero-order valence-electron chi connectivity index (χ0n) is 50.4. The van der Waals surface area contributed by atoms with E-state index in [2.05, 4.69) is 78.3 Å². The highest BCUT2D eigenvalue weighted by Gasteiger charge is 2.44. The van der Waals surface area contributed by atoms with Gasteiger partial charge in [0.25, 0.3) is 11.5 Å². The van der Waals surface area contributed by atoms with Gasteiger partial charge in [-0.15, -0.1) is 11.3 Å². The van der Waals surface area contributed by atoms with E-state index in [4.69, 9.17) is 9.47 Å². The van der Waals surface area contributed by atoms with Crippen LogP contribution in [0, 0.1) is 33.1 Å². The van der Waals surface area contributed by atoms with Crippen molar-refractivity contribution >= 4 is 52.5 Å². The molecule has 0 spiro atoms. The SMILES string of the molecule is CCN(c1cc(-c2ccc(CN3CCN(C(=O)COCC(=O)NCCCC(=O)N[C@H](C(=O)N4C[C@H](O)C[C@@H]4C(=O)NCc4ccc(-c5scnc5C)cc4)C(C)(C)C)CC3)cc2)cc(C(=O)NCc2c(C)cc(C)[nH]c2=O)c1C)C1CCOCC1. The van der Waals surface area contributed by atoms with E-state index < -0.39 is 47.2 Å². The molecule has 0 bridgehead atoms. The molecule has 3 saturated heterocycles. The first-order valence-corrected chi connectivity index (χ1v) is 30.5. The molecular weight excluding hydrogens is 1100 g/mol. The quantitative estimate of drug-likeness (QED) is 0.0431. The molecule has 20 nitrogen and oxygen atoms in total. The van der Waals surface area contributed by atoms with Crippen LogP contribution in [0.1, 0.15) is 109 Å². The van der Waals surface area contributed by atoms with Crippen LogP contribution in [0.5, 0.6) is 0 Å². The molecule has 0 unspecified atom stereocenters. The standard InChI is InChI=1S/C64H84N10O10S/c1-9-73(49-20-27-83-28-21-49)53-31-48(30-51(42(53)4)60(79)67-34-52-40(2)29-41(3)69-61(52)80)46-16-14-45(15-17-46)35-71-23-25-72(26-24-71)57(78)38-84-37-56(77)65-22-10-11-55(76)70-59(64(6,7)8)63(82)74-36-50(75)32-54(74)62(81)66-33-44-12-18-47(19-13-44)58-43(5)68-39-85-58/h12-19,29-31,39,49-50,54,59,75H,9-11,20-28,32-38H2,1-8H3,(H,65,77)(H,66,81)(H,67,79)(H,69,80)(H,70,76)/t50-,54-,59-/m1/s1. The highest BCUT2D eigenvalue weighted by atomic mass is 32.1. The van der Waals surface area contributed by atoms with Crippen LogP contribution < -0.4 is 31.7 Å². The van der Waals surface area contributed by atoms with Gasteiger partial charge >= 0.3 is 0 Å². The molecule has 3 aromatic carbocycles. The number of nitrogens with zero attached hydrogens (tertiary/aromatic N) is 5. The van der Waals surface area contributed by atoms with Gasteiger partial charge in [-0.25, -0.2) is 4.98 Å². The molecule has 8 rings (SSSR count). The molecule has 2 aromatic heterocycles. The summed E-state index contributed by atoms with van der Waals surface area (Å²) >= 11 is 1.56. The van der Waals surface area contributed by atoms with Gasteiger partial charge in [-0.2, -0.15) is 0 Å². The Bertz CT molecular complexity index is 3220. The summed E-state index contributed by atoms with van der Waals surface area (Å²) in [6, 6.07) is 20.6. The van der Waals surface area contributed by atoms with E-state index in [1.54, 1.807) is 21.7 Å². The largest absolute Gasteiger partial charge is 0.391 e. The normalized spacial score (nSPS) is 17.1. The number of H-pyrrole nitrogens is 1. The Labute approximate surface area is 502 Å². The van der Waals surface area contributed by atoms with E-state index in [0.717, 1.165) is 80.3 Å². The Balaban J connectivity index is 0.751. The van der Waals surface area contributed by atoms with E-state index in [1.165, 1.54) is 4.90 Å². The molecule has 3 aliphatic rings. The molecule has 3 atom stereocenters. The zero-order chi connectivity index (χ0) is 61.0. The number of ether oxygens (including phenoxy) is 2. The number of rotatable bonds is 23. The molecule has 3 fully saturated rings. The number of pyridine rings is 1. The van der Waals surface area contributed by atoms with Crippen molar-refractivity contribution in [2.24, 2.45) is 5.41 Å². The minimum Gasteiger partial charge on any atom is -0.391 e. The minimum absolute atomic E-state index is 0.0123. The van der Waals surface area contributed by atoms with Gasteiger partial charge in [0, 0.05) is 120 Å². The molecule has 6 amide bonds. The number of hydrogen-bond donors (Lipinski definition) is 6. The number of β-amino-alcohol motifs (C(OH)–C–C–N with tert-alkyl or cyclic N) is 1. The number of likely N-dealkylation sites (tertiary alicyclic amines) is 1. The van der Waals surface area contributed by atoms with Crippen molar-refractivity contribution in [2.75, 3.05) is 77.1 Å². The van der Waals surface area contributed by atoms with Gasteiger partial charge in [-0.1, -0.05) is 69.3 Å². The fraction of sp³-hybridized carbons (Fsp3) is 0.500.